The van der Waals surface area contributed by atoms with Crippen LogP contribution in [-0.2, 0) is 63.1 Å². The highest BCUT2D eigenvalue weighted by atomic mass is 35.5. The summed E-state index contributed by atoms with van der Waals surface area (Å²) in [6.07, 6.45) is 1.48. The first kappa shape index (κ1) is 59.5. The summed E-state index contributed by atoms with van der Waals surface area (Å²) in [6.45, 7) is 5.54. The summed E-state index contributed by atoms with van der Waals surface area (Å²) in [6, 6.07) is 28.0. The average Bonchev–Trinajstić information content (AvgIpc) is 3.38. The molecule has 21 heteroatoms. The van der Waals surface area contributed by atoms with Gasteiger partial charge in [0, 0.05) is 103 Å². The van der Waals surface area contributed by atoms with Gasteiger partial charge in [0.2, 0.25) is 10.0 Å². The molecule has 2 heterocycles. The lowest BCUT2D eigenvalue weighted by atomic mass is 9.85. The van der Waals surface area contributed by atoms with E-state index in [1.165, 1.54) is 0 Å². The van der Waals surface area contributed by atoms with E-state index in [1.54, 1.807) is 60.7 Å². The first-order valence-electron chi connectivity index (χ1n) is 25.2. The number of benzene rings is 5. The van der Waals surface area contributed by atoms with Crippen LogP contribution in [0.4, 0.5) is 10.5 Å². The fraction of sp³-hybridized carbons (Fsp3) is 0.418. The number of anilines is 1. The molecule has 2 atom stereocenters. The standard InChI is InChI=1S/C55H65Cl4N5O10S2/c1-63-34-49(47-30-41(56)32-53(58)51(47)36-63)39-8-14-45(15-9-39)75(67,68)28-4-21-72-25-26-73-22-18-60-55(66)62-43-12-6-38(7-13-43)29-44(65)5-3-20-71-24-27-74-23-19-61-76(69,70)46-16-10-40(11-17-46)50-35-64(2)37-52-48(50)31-42(57)33-54(52)59/h6-17,30-33,49-50,61H,3-5,18-29,34-37H2,1-2H3,(H2,60,62,66). The van der Waals surface area contributed by atoms with Crippen molar-refractivity contribution in [1.82, 2.24) is 19.8 Å². The van der Waals surface area contributed by atoms with Crippen LogP contribution in [0.1, 0.15) is 70.0 Å². The van der Waals surface area contributed by atoms with Crippen molar-refractivity contribution in [2.45, 2.75) is 60.4 Å². The Hall–Kier alpha value is -4.18. The van der Waals surface area contributed by atoms with Gasteiger partial charge in [-0.25, -0.2) is 26.4 Å². The van der Waals surface area contributed by atoms with Crippen LogP contribution >= 0.6 is 46.4 Å². The molecule has 0 fully saturated rings. The Balaban J connectivity index is 0.668. The number of amides is 2. The van der Waals surface area contributed by atoms with Crippen molar-refractivity contribution in [2.24, 2.45) is 0 Å². The molecule has 5 aromatic carbocycles. The zero-order valence-electron chi connectivity index (χ0n) is 42.6. The second-order valence-electron chi connectivity index (χ2n) is 19.0. The number of rotatable bonds is 28. The maximum absolute atomic E-state index is 13.1. The number of hydrogen-bond acceptors (Lipinski definition) is 12. The van der Waals surface area contributed by atoms with Gasteiger partial charge in [0.15, 0.2) is 9.84 Å². The normalized spacial score (nSPS) is 16.0. The Labute approximate surface area is 466 Å². The molecule has 2 aliphatic rings. The molecule has 2 amide bonds. The number of ether oxygens (including phenoxy) is 4. The van der Waals surface area contributed by atoms with E-state index in [0.717, 1.165) is 58.6 Å². The maximum Gasteiger partial charge on any atom is 0.319 e. The van der Waals surface area contributed by atoms with E-state index in [2.05, 4.69) is 25.2 Å². The third kappa shape index (κ3) is 17.4. The summed E-state index contributed by atoms with van der Waals surface area (Å²) in [5.41, 5.74) is 7.54. The van der Waals surface area contributed by atoms with Gasteiger partial charge in [0.25, 0.3) is 0 Å². The number of likely N-dealkylation sites (N-methyl/N-ethyl adjacent to an activating group) is 2. The van der Waals surface area contributed by atoms with Crippen molar-refractivity contribution in [3.63, 3.8) is 0 Å². The number of fused-ring (bicyclic) bond motifs is 2. The van der Waals surface area contributed by atoms with E-state index in [0.29, 0.717) is 64.8 Å². The molecule has 15 nitrogen and oxygen atoms in total. The predicted octanol–water partition coefficient (Wildman–Crippen LogP) is 9.38. The van der Waals surface area contributed by atoms with E-state index in [-0.39, 0.29) is 92.3 Å². The minimum atomic E-state index is -3.74. The van der Waals surface area contributed by atoms with Gasteiger partial charge in [-0.15, -0.1) is 0 Å². The molecule has 0 radical (unpaired) electrons. The molecule has 76 heavy (non-hydrogen) atoms. The fourth-order valence-electron chi connectivity index (χ4n) is 9.30. The van der Waals surface area contributed by atoms with Crippen molar-refractivity contribution in [3.8, 4) is 0 Å². The number of carbonyl (C=O) groups is 2. The number of ketones is 1. The number of sulfonamides is 1. The predicted molar refractivity (Wildman–Crippen MR) is 299 cm³/mol. The number of carbonyl (C=O) groups excluding carboxylic acids is 2. The van der Waals surface area contributed by atoms with Gasteiger partial charge >= 0.3 is 6.03 Å². The lowest BCUT2D eigenvalue weighted by Crippen LogP contribution is -2.31. The molecule has 0 saturated carbocycles. The molecular formula is C55H65Cl4N5O10S2. The molecule has 0 spiro atoms. The van der Waals surface area contributed by atoms with E-state index in [9.17, 15) is 26.4 Å². The van der Waals surface area contributed by atoms with Crippen molar-refractivity contribution in [3.05, 3.63) is 156 Å². The first-order valence-corrected chi connectivity index (χ1v) is 29.8. The van der Waals surface area contributed by atoms with Crippen LogP contribution in [0, 0.1) is 0 Å². The van der Waals surface area contributed by atoms with E-state index >= 15 is 0 Å². The zero-order valence-corrected chi connectivity index (χ0v) is 47.3. The fourth-order valence-corrected chi connectivity index (χ4v) is 12.7. The number of nitrogens with zero attached hydrogens (tertiary/aromatic N) is 2. The minimum absolute atomic E-state index is 0.00168. The van der Waals surface area contributed by atoms with Crippen LogP contribution in [0.25, 0.3) is 0 Å². The van der Waals surface area contributed by atoms with Crippen LogP contribution in [0.3, 0.4) is 0 Å². The van der Waals surface area contributed by atoms with E-state index < -0.39 is 25.9 Å². The topological polar surface area (TPSA) is 182 Å². The van der Waals surface area contributed by atoms with E-state index in [4.69, 9.17) is 65.4 Å². The van der Waals surface area contributed by atoms with Crippen molar-refractivity contribution < 1.29 is 45.4 Å². The van der Waals surface area contributed by atoms with Gasteiger partial charge in [-0.1, -0.05) is 82.8 Å². The highest BCUT2D eigenvalue weighted by Gasteiger charge is 2.29. The molecule has 3 N–H and O–H groups in total. The highest BCUT2D eigenvalue weighted by molar-refractivity contribution is 7.91. The Bertz CT molecular complexity index is 2770. The van der Waals surface area contributed by atoms with E-state index in [1.807, 2.05) is 50.5 Å². The number of hydrogen-bond donors (Lipinski definition) is 3. The molecule has 0 aliphatic carbocycles. The Morgan fingerprint density at radius 2 is 1.08 bits per heavy atom. The Morgan fingerprint density at radius 1 is 0.592 bits per heavy atom. The monoisotopic (exact) mass is 1160 g/mol. The second-order valence-corrected chi connectivity index (χ2v) is 24.5. The largest absolute Gasteiger partial charge is 0.379 e. The summed E-state index contributed by atoms with van der Waals surface area (Å²) >= 11 is 25.7. The lowest BCUT2D eigenvalue weighted by molar-refractivity contribution is -0.118. The summed E-state index contributed by atoms with van der Waals surface area (Å²) < 4.78 is 76.9. The van der Waals surface area contributed by atoms with Crippen molar-refractivity contribution in [1.29, 1.82) is 0 Å². The van der Waals surface area contributed by atoms with Crippen LogP contribution in [-0.4, -0.2) is 137 Å². The Morgan fingerprint density at radius 3 is 1.62 bits per heavy atom. The molecule has 7 rings (SSSR count). The SMILES string of the molecule is CN1Cc2c(Cl)cc(Cl)cc2C(c2ccc(S(=O)(=O)CCCOCCOCCNC(=O)Nc3ccc(CC(=O)CCCOCCOCCNS(=O)(=O)c4ccc(C5CN(C)Cc6c(Cl)cc(Cl)cc65)cc4)cc3)cc2)C1. The molecule has 2 aliphatic heterocycles. The van der Waals surface area contributed by atoms with Crippen LogP contribution < -0.4 is 15.4 Å². The van der Waals surface area contributed by atoms with Gasteiger partial charge in [-0.2, -0.15) is 0 Å². The number of nitrogens with one attached hydrogen (secondary N) is 3. The van der Waals surface area contributed by atoms with Gasteiger partial charge < -0.3 is 39.4 Å². The zero-order chi connectivity index (χ0) is 54.2. The average molecular weight is 1160 g/mol. The smallest absolute Gasteiger partial charge is 0.319 e. The number of Topliss-reactive ketones (excluding diaryl/α,β-unsaturated/α-hetero) is 1. The second kappa shape index (κ2) is 28.6. The third-order valence-corrected chi connectivity index (χ3v) is 17.5. The molecular weight excluding hydrogens is 1100 g/mol. The lowest BCUT2D eigenvalue weighted by Gasteiger charge is -2.33. The van der Waals surface area contributed by atoms with Gasteiger partial charge in [-0.3, -0.25) is 4.79 Å². The third-order valence-electron chi connectivity index (χ3n) is 13.1. The highest BCUT2D eigenvalue weighted by Crippen LogP contribution is 2.40. The summed E-state index contributed by atoms with van der Waals surface area (Å²) in [5.74, 6) is 0.0325. The van der Waals surface area contributed by atoms with Gasteiger partial charge in [-0.05, 0) is 127 Å². The minimum Gasteiger partial charge on any atom is -0.379 e. The summed E-state index contributed by atoms with van der Waals surface area (Å²) in [7, 11) is -3.19. The number of halogens is 4. The number of urea groups is 1. The number of sulfone groups is 1. The summed E-state index contributed by atoms with van der Waals surface area (Å²) in [5, 5.41) is 7.89. The van der Waals surface area contributed by atoms with Gasteiger partial charge in [0.05, 0.1) is 55.2 Å². The maximum atomic E-state index is 13.1. The Kier molecular flexibility index (Phi) is 22.4. The molecule has 410 valence electrons. The van der Waals surface area contributed by atoms with Crippen LogP contribution in [0.15, 0.2) is 107 Å². The molecule has 2 unspecified atom stereocenters. The van der Waals surface area contributed by atoms with Gasteiger partial charge in [0.1, 0.15) is 5.78 Å². The van der Waals surface area contributed by atoms with Crippen LogP contribution in [0.2, 0.25) is 20.1 Å². The van der Waals surface area contributed by atoms with Crippen LogP contribution in [0.5, 0.6) is 0 Å². The molecule has 0 bridgehead atoms. The first-order chi connectivity index (χ1) is 36.5. The molecule has 0 aromatic heterocycles. The summed E-state index contributed by atoms with van der Waals surface area (Å²) in [4.78, 5) is 29.8. The molecule has 0 saturated heterocycles. The molecule has 5 aromatic rings. The van der Waals surface area contributed by atoms with Crippen molar-refractivity contribution in [2.75, 3.05) is 104 Å². The van der Waals surface area contributed by atoms with Crippen molar-refractivity contribution >= 4 is 83.8 Å². The quantitative estimate of drug-likeness (QED) is 0.0405.